The second-order valence-electron chi connectivity index (χ2n) is 6.78. The summed E-state index contributed by atoms with van der Waals surface area (Å²) in [7, 11) is 0. The highest BCUT2D eigenvalue weighted by Crippen LogP contribution is 2.28. The molecule has 0 saturated carbocycles. The van der Waals surface area contributed by atoms with Gasteiger partial charge >= 0.3 is 0 Å². The lowest BCUT2D eigenvalue weighted by molar-refractivity contribution is 0.348. The molecule has 0 bridgehead atoms. The molecule has 0 amide bonds. The lowest BCUT2D eigenvalue weighted by Crippen LogP contribution is -2.23. The van der Waals surface area contributed by atoms with Crippen LogP contribution in [0.4, 0.5) is 0 Å². The van der Waals surface area contributed by atoms with Gasteiger partial charge in [-0.3, -0.25) is 0 Å². The van der Waals surface area contributed by atoms with Crippen LogP contribution < -0.4 is 0 Å². The highest BCUT2D eigenvalue weighted by atomic mass is 16.1. The van der Waals surface area contributed by atoms with Gasteiger partial charge in [0.25, 0.3) is 0 Å². The average Bonchev–Trinajstić information content (AvgIpc) is 2.58. The first-order valence-electron chi connectivity index (χ1n) is 9.92. The van der Waals surface area contributed by atoms with Crippen LogP contribution in [0.1, 0.15) is 110 Å². The first-order chi connectivity index (χ1) is 11.7. The molecular weight excluding hydrogens is 300 g/mol. The van der Waals surface area contributed by atoms with Crippen LogP contribution in [0.2, 0.25) is 0 Å². The molecule has 0 unspecified atom stereocenters. The van der Waals surface area contributed by atoms with Gasteiger partial charge in [-0.1, -0.05) is 84.5 Å². The third kappa shape index (κ3) is 12.2. The van der Waals surface area contributed by atoms with Gasteiger partial charge in [-0.05, 0) is 25.7 Å². The third-order valence-electron chi connectivity index (χ3n) is 4.62. The number of carbonyl (C=O) groups excluding carboxylic acids is 2. The Balaban J connectivity index is 4.12. The first-order valence-corrected chi connectivity index (χ1v) is 9.92. The van der Waals surface area contributed by atoms with E-state index in [1.807, 2.05) is 0 Å². The van der Waals surface area contributed by atoms with Crippen LogP contribution in [0.5, 0.6) is 0 Å². The molecule has 0 aliphatic heterocycles. The highest BCUT2D eigenvalue weighted by molar-refractivity contribution is 5.39. The Hall–Kier alpha value is -1.24. The molecular formula is C20H36N2O2. The van der Waals surface area contributed by atoms with E-state index in [0.717, 1.165) is 38.5 Å². The SMILES string of the molecule is CCCCCCCCCCCC(CCCCCC)(N=C=O)N=C=O. The summed E-state index contributed by atoms with van der Waals surface area (Å²) in [6.45, 7) is 4.39. The zero-order chi connectivity index (χ0) is 17.9. The van der Waals surface area contributed by atoms with Gasteiger partial charge in [-0.2, -0.15) is 9.98 Å². The van der Waals surface area contributed by atoms with Crippen molar-refractivity contribution in [1.29, 1.82) is 0 Å². The summed E-state index contributed by atoms with van der Waals surface area (Å²) in [6.07, 6.45) is 20.0. The molecule has 0 rings (SSSR count). The predicted octanol–water partition coefficient (Wildman–Crippen LogP) is 6.25. The van der Waals surface area contributed by atoms with Crippen LogP contribution >= 0.6 is 0 Å². The maximum Gasteiger partial charge on any atom is 0.237 e. The van der Waals surface area contributed by atoms with Crippen LogP contribution in [0, 0.1) is 0 Å². The Morgan fingerprint density at radius 3 is 1.29 bits per heavy atom. The molecule has 0 spiro atoms. The van der Waals surface area contributed by atoms with Crippen molar-refractivity contribution in [1.82, 2.24) is 0 Å². The van der Waals surface area contributed by atoms with Crippen LogP contribution in [0.3, 0.4) is 0 Å². The molecule has 0 fully saturated rings. The summed E-state index contributed by atoms with van der Waals surface area (Å²) >= 11 is 0. The largest absolute Gasteiger partial charge is 0.237 e. The number of unbranched alkanes of at least 4 members (excludes halogenated alkanes) is 11. The number of hydrogen-bond acceptors (Lipinski definition) is 4. The molecule has 0 aromatic heterocycles. The van der Waals surface area contributed by atoms with E-state index in [9.17, 15) is 9.59 Å². The molecule has 0 aromatic carbocycles. The molecule has 4 heteroatoms. The number of nitrogens with zero attached hydrogens (tertiary/aromatic N) is 2. The van der Waals surface area contributed by atoms with Gasteiger partial charge in [0.15, 0.2) is 5.66 Å². The minimum atomic E-state index is -0.904. The number of aliphatic imine (C=N–C) groups is 2. The Morgan fingerprint density at radius 2 is 0.917 bits per heavy atom. The summed E-state index contributed by atoms with van der Waals surface area (Å²) in [4.78, 5) is 29.3. The van der Waals surface area contributed by atoms with E-state index in [4.69, 9.17) is 0 Å². The summed E-state index contributed by atoms with van der Waals surface area (Å²) in [5, 5.41) is 0. The molecule has 0 aliphatic rings. The zero-order valence-corrected chi connectivity index (χ0v) is 15.8. The minimum absolute atomic E-state index is 0.647. The van der Waals surface area contributed by atoms with E-state index >= 15 is 0 Å². The van der Waals surface area contributed by atoms with Gasteiger partial charge in [-0.15, -0.1) is 0 Å². The fourth-order valence-corrected chi connectivity index (χ4v) is 3.10. The Morgan fingerprint density at radius 1 is 0.583 bits per heavy atom. The lowest BCUT2D eigenvalue weighted by Gasteiger charge is -2.22. The van der Waals surface area contributed by atoms with Crippen LogP contribution in [0.25, 0.3) is 0 Å². The number of rotatable bonds is 17. The van der Waals surface area contributed by atoms with Gasteiger partial charge in [0.2, 0.25) is 12.2 Å². The normalized spacial score (nSPS) is 12.9. The number of isocyanates is 2. The first kappa shape index (κ1) is 22.8. The molecule has 0 radical (unpaired) electrons. The van der Waals surface area contributed by atoms with Crippen molar-refractivity contribution in [2.75, 3.05) is 0 Å². The van der Waals surface area contributed by atoms with Crippen molar-refractivity contribution in [2.24, 2.45) is 9.98 Å². The molecule has 0 atom stereocenters. The summed E-state index contributed by atoms with van der Waals surface area (Å²) in [5.41, 5.74) is -0.904. The third-order valence-corrected chi connectivity index (χ3v) is 4.62. The smallest absolute Gasteiger partial charge is 0.211 e. The second kappa shape index (κ2) is 16.6. The second-order valence-corrected chi connectivity index (χ2v) is 6.78. The molecule has 0 heterocycles. The fourth-order valence-electron chi connectivity index (χ4n) is 3.10. The summed E-state index contributed by atoms with van der Waals surface area (Å²) in [5.74, 6) is 0. The van der Waals surface area contributed by atoms with Gasteiger partial charge in [-0.25, -0.2) is 9.59 Å². The lowest BCUT2D eigenvalue weighted by atomic mass is 9.95. The minimum Gasteiger partial charge on any atom is -0.211 e. The van der Waals surface area contributed by atoms with E-state index in [-0.39, 0.29) is 0 Å². The number of hydrogen-bond donors (Lipinski definition) is 0. The predicted molar refractivity (Wildman–Crippen MR) is 99.6 cm³/mol. The van der Waals surface area contributed by atoms with Crippen LogP contribution in [-0.2, 0) is 9.59 Å². The molecule has 0 N–H and O–H groups in total. The fraction of sp³-hybridized carbons (Fsp3) is 0.900. The van der Waals surface area contributed by atoms with Gasteiger partial charge in [0, 0.05) is 0 Å². The summed E-state index contributed by atoms with van der Waals surface area (Å²) < 4.78 is 0. The Kier molecular flexibility index (Phi) is 15.8. The summed E-state index contributed by atoms with van der Waals surface area (Å²) in [6, 6.07) is 0. The molecule has 0 aliphatic carbocycles. The van der Waals surface area contributed by atoms with E-state index in [2.05, 4.69) is 23.8 Å². The standard InChI is InChI=1S/C20H36N2O2/c1-3-5-7-9-10-11-12-13-15-17-20(21-18-23,22-19-24)16-14-8-6-4-2/h3-17H2,1-2H3. The average molecular weight is 337 g/mol. The monoisotopic (exact) mass is 336 g/mol. The zero-order valence-electron chi connectivity index (χ0n) is 15.8. The Labute approximate surface area is 148 Å². The van der Waals surface area contributed by atoms with Crippen molar-refractivity contribution >= 4 is 12.2 Å². The van der Waals surface area contributed by atoms with Crippen molar-refractivity contribution < 1.29 is 9.59 Å². The maximum absolute atomic E-state index is 10.8. The van der Waals surface area contributed by atoms with Crippen LogP contribution in [-0.4, -0.2) is 17.8 Å². The molecule has 0 aromatic rings. The van der Waals surface area contributed by atoms with Crippen molar-refractivity contribution in [3.8, 4) is 0 Å². The van der Waals surface area contributed by atoms with Gasteiger partial charge in [0.05, 0.1) is 0 Å². The van der Waals surface area contributed by atoms with Gasteiger partial charge in [0.1, 0.15) is 0 Å². The molecule has 24 heavy (non-hydrogen) atoms. The quantitative estimate of drug-likeness (QED) is 0.179. The topological polar surface area (TPSA) is 58.9 Å². The molecule has 0 saturated heterocycles. The highest BCUT2D eigenvalue weighted by Gasteiger charge is 2.28. The Bertz CT molecular complexity index is 365. The maximum atomic E-state index is 10.8. The van der Waals surface area contributed by atoms with E-state index < -0.39 is 5.66 Å². The van der Waals surface area contributed by atoms with E-state index in [0.29, 0.717) is 12.8 Å². The van der Waals surface area contributed by atoms with E-state index in [1.165, 1.54) is 44.9 Å². The van der Waals surface area contributed by atoms with Crippen LogP contribution in [0.15, 0.2) is 9.98 Å². The van der Waals surface area contributed by atoms with Gasteiger partial charge < -0.3 is 0 Å². The van der Waals surface area contributed by atoms with Crippen molar-refractivity contribution in [3.63, 3.8) is 0 Å². The van der Waals surface area contributed by atoms with Crippen molar-refractivity contribution in [2.45, 2.75) is 116 Å². The van der Waals surface area contributed by atoms with E-state index in [1.54, 1.807) is 12.2 Å². The molecule has 138 valence electrons. The van der Waals surface area contributed by atoms with Crippen molar-refractivity contribution in [3.05, 3.63) is 0 Å². The molecule has 4 nitrogen and oxygen atoms in total.